The molecule has 2 aliphatic rings. The van der Waals surface area contributed by atoms with Crippen LogP contribution in [0, 0.1) is 0 Å². The third-order valence-electron chi connectivity index (χ3n) is 7.08. The minimum Gasteiger partial charge on any atom is -0.408 e. The molecule has 1 fully saturated rings. The number of anilines is 1. The number of fused-ring (bicyclic) bond motifs is 2. The first-order valence-electron chi connectivity index (χ1n) is 12.3. The molecule has 2 aliphatic heterocycles. The molecule has 8 nitrogen and oxygen atoms in total. The van der Waals surface area contributed by atoms with Crippen LogP contribution in [0.25, 0.3) is 11.1 Å². The van der Waals surface area contributed by atoms with E-state index in [1.807, 2.05) is 11.0 Å². The fourth-order valence-electron chi connectivity index (χ4n) is 5.07. The van der Waals surface area contributed by atoms with Crippen LogP contribution in [0.5, 0.6) is 0 Å². The molecule has 9 heteroatoms. The van der Waals surface area contributed by atoms with Gasteiger partial charge in [-0.2, -0.15) is 4.31 Å². The van der Waals surface area contributed by atoms with Gasteiger partial charge in [0.1, 0.15) is 0 Å². The average molecular weight is 498 g/mol. The van der Waals surface area contributed by atoms with E-state index in [4.69, 9.17) is 4.42 Å². The molecule has 0 bridgehead atoms. The second-order valence-electron chi connectivity index (χ2n) is 9.70. The molecular formula is C26H31N3O5S. The maximum atomic E-state index is 13.1. The molecule has 5 rings (SSSR count). The van der Waals surface area contributed by atoms with Crippen molar-refractivity contribution in [1.29, 1.82) is 0 Å². The highest BCUT2D eigenvalue weighted by molar-refractivity contribution is 7.89. The van der Waals surface area contributed by atoms with Crippen molar-refractivity contribution in [2.24, 2.45) is 0 Å². The minimum absolute atomic E-state index is 0.0438. The second kappa shape index (κ2) is 9.28. The Bertz CT molecular complexity index is 1430. The van der Waals surface area contributed by atoms with Crippen LogP contribution < -0.4 is 10.7 Å². The number of rotatable bonds is 6. The number of amides is 1. The van der Waals surface area contributed by atoms with Crippen molar-refractivity contribution in [2.45, 2.75) is 63.3 Å². The number of sulfonamides is 1. The van der Waals surface area contributed by atoms with Crippen molar-refractivity contribution in [3.63, 3.8) is 0 Å². The van der Waals surface area contributed by atoms with Gasteiger partial charge in [0.05, 0.1) is 10.4 Å². The molecular weight excluding hydrogens is 466 g/mol. The summed E-state index contributed by atoms with van der Waals surface area (Å²) in [5, 5.41) is 0. The fraction of sp³-hybridized carbons (Fsp3) is 0.462. The molecule has 0 aliphatic carbocycles. The van der Waals surface area contributed by atoms with Crippen molar-refractivity contribution in [1.82, 2.24) is 8.87 Å². The lowest BCUT2D eigenvalue weighted by molar-refractivity contribution is -0.118. The zero-order valence-electron chi connectivity index (χ0n) is 20.2. The normalized spacial score (nSPS) is 16.8. The molecule has 2 aromatic carbocycles. The highest BCUT2D eigenvalue weighted by Gasteiger charge is 2.28. The van der Waals surface area contributed by atoms with Crippen molar-refractivity contribution >= 4 is 32.7 Å². The lowest BCUT2D eigenvalue weighted by atomic mass is 9.94. The molecule has 1 aromatic heterocycles. The van der Waals surface area contributed by atoms with Crippen molar-refractivity contribution in [3.8, 4) is 0 Å². The van der Waals surface area contributed by atoms with Crippen LogP contribution in [0.2, 0.25) is 0 Å². The number of benzene rings is 2. The van der Waals surface area contributed by atoms with Gasteiger partial charge in [-0.15, -0.1) is 0 Å². The van der Waals surface area contributed by atoms with Gasteiger partial charge in [0.25, 0.3) is 0 Å². The van der Waals surface area contributed by atoms with Gasteiger partial charge in [-0.25, -0.2) is 13.2 Å². The van der Waals surface area contributed by atoms with Gasteiger partial charge in [0, 0.05) is 44.4 Å². The Morgan fingerprint density at radius 1 is 1.03 bits per heavy atom. The van der Waals surface area contributed by atoms with Gasteiger partial charge in [-0.05, 0) is 60.9 Å². The Kier molecular flexibility index (Phi) is 6.31. The van der Waals surface area contributed by atoms with Crippen LogP contribution in [0.3, 0.4) is 0 Å². The van der Waals surface area contributed by atoms with E-state index in [0.29, 0.717) is 31.1 Å². The first kappa shape index (κ1) is 23.8. The Morgan fingerprint density at radius 2 is 1.80 bits per heavy atom. The average Bonchev–Trinajstić information content (AvgIpc) is 3.49. The summed E-state index contributed by atoms with van der Waals surface area (Å²) in [6.45, 7) is 6.15. The lowest BCUT2D eigenvalue weighted by Gasteiger charge is -2.30. The molecule has 0 unspecified atom stereocenters. The van der Waals surface area contributed by atoms with Crippen molar-refractivity contribution < 1.29 is 17.6 Å². The van der Waals surface area contributed by atoms with E-state index in [9.17, 15) is 18.0 Å². The third-order valence-corrected chi connectivity index (χ3v) is 8.98. The number of aryl methyl sites for hydroxylation is 2. The van der Waals surface area contributed by atoms with E-state index in [2.05, 4.69) is 26.0 Å². The summed E-state index contributed by atoms with van der Waals surface area (Å²) in [5.41, 5.74) is 4.11. The first-order chi connectivity index (χ1) is 16.8. The molecule has 0 N–H and O–H groups in total. The Labute approximate surface area is 205 Å². The van der Waals surface area contributed by atoms with Gasteiger partial charge < -0.3 is 9.32 Å². The first-order valence-corrected chi connectivity index (χ1v) is 13.8. The summed E-state index contributed by atoms with van der Waals surface area (Å²) in [6, 6.07) is 10.8. The number of carbonyl (C=O) groups excluding carboxylic acids is 1. The monoisotopic (exact) mass is 497 g/mol. The molecule has 1 saturated heterocycles. The highest BCUT2D eigenvalue weighted by atomic mass is 32.2. The number of nitrogens with zero attached hydrogens (tertiary/aromatic N) is 3. The fourth-order valence-corrected chi connectivity index (χ4v) is 6.61. The van der Waals surface area contributed by atoms with Crippen LogP contribution in [0.4, 0.5) is 5.69 Å². The van der Waals surface area contributed by atoms with Crippen molar-refractivity contribution in [2.75, 3.05) is 24.5 Å². The minimum atomic E-state index is -3.61. The van der Waals surface area contributed by atoms with Crippen LogP contribution >= 0.6 is 0 Å². The molecule has 3 aromatic rings. The molecule has 0 spiro atoms. The molecule has 3 heterocycles. The van der Waals surface area contributed by atoms with Gasteiger partial charge in [-0.1, -0.05) is 26.0 Å². The summed E-state index contributed by atoms with van der Waals surface area (Å²) in [7, 11) is -3.61. The summed E-state index contributed by atoms with van der Waals surface area (Å²) in [4.78, 5) is 27.6. The maximum Gasteiger partial charge on any atom is 0.419 e. The molecule has 186 valence electrons. The van der Waals surface area contributed by atoms with E-state index in [1.165, 1.54) is 32.1 Å². The Morgan fingerprint density at radius 3 is 2.54 bits per heavy atom. The largest absolute Gasteiger partial charge is 0.419 e. The van der Waals surface area contributed by atoms with Crippen LogP contribution in [-0.4, -0.2) is 42.8 Å². The SMILES string of the molecule is CC(C)c1ccc2c(c1)CCCN2C(=O)CCn1c(=O)oc2cc(S(=O)(=O)N3CCCC3)ccc21. The maximum absolute atomic E-state index is 13.1. The number of aromatic nitrogens is 1. The van der Waals surface area contributed by atoms with E-state index < -0.39 is 15.8 Å². The molecule has 0 radical (unpaired) electrons. The highest BCUT2D eigenvalue weighted by Crippen LogP contribution is 2.31. The Balaban J connectivity index is 1.35. The number of hydrogen-bond donors (Lipinski definition) is 0. The smallest absolute Gasteiger partial charge is 0.408 e. The van der Waals surface area contributed by atoms with E-state index in [1.54, 1.807) is 6.07 Å². The number of oxazole rings is 1. The zero-order chi connectivity index (χ0) is 24.7. The van der Waals surface area contributed by atoms with E-state index >= 15 is 0 Å². The molecule has 1 amide bonds. The van der Waals surface area contributed by atoms with E-state index in [0.717, 1.165) is 31.4 Å². The lowest BCUT2D eigenvalue weighted by Crippen LogP contribution is -2.36. The topological polar surface area (TPSA) is 92.8 Å². The van der Waals surface area contributed by atoms with Crippen LogP contribution in [-0.2, 0) is 27.8 Å². The Hall–Kier alpha value is -2.91. The van der Waals surface area contributed by atoms with Crippen molar-refractivity contribution in [3.05, 3.63) is 58.1 Å². The standard InChI is InChI=1S/C26H31N3O5S/c1-18(2)19-7-9-22-20(16-19)6-5-14-28(22)25(30)11-15-29-23-10-8-21(17-24(23)34-26(29)31)35(32,33)27-12-3-4-13-27/h7-10,16-18H,3-6,11-15H2,1-2H3. The molecule has 0 saturated carbocycles. The summed E-state index contributed by atoms with van der Waals surface area (Å²) >= 11 is 0. The van der Waals surface area contributed by atoms with Gasteiger partial charge in [0.15, 0.2) is 5.58 Å². The second-order valence-corrected chi connectivity index (χ2v) is 11.6. The van der Waals surface area contributed by atoms with Crippen LogP contribution in [0.15, 0.2) is 50.5 Å². The predicted octanol–water partition coefficient (Wildman–Crippen LogP) is 3.87. The summed E-state index contributed by atoms with van der Waals surface area (Å²) in [5.74, 6) is -0.208. The summed E-state index contributed by atoms with van der Waals surface area (Å²) in [6.07, 6.45) is 3.70. The summed E-state index contributed by atoms with van der Waals surface area (Å²) < 4.78 is 34.0. The van der Waals surface area contributed by atoms with Gasteiger partial charge in [-0.3, -0.25) is 9.36 Å². The quantitative estimate of drug-likeness (QED) is 0.515. The predicted molar refractivity (Wildman–Crippen MR) is 134 cm³/mol. The zero-order valence-corrected chi connectivity index (χ0v) is 21.0. The number of hydrogen-bond acceptors (Lipinski definition) is 5. The van der Waals surface area contributed by atoms with Gasteiger partial charge >= 0.3 is 5.76 Å². The molecule has 35 heavy (non-hydrogen) atoms. The third kappa shape index (κ3) is 4.43. The number of carbonyl (C=O) groups is 1. The van der Waals surface area contributed by atoms with Crippen LogP contribution in [0.1, 0.15) is 56.6 Å². The van der Waals surface area contributed by atoms with E-state index in [-0.39, 0.29) is 29.4 Å². The molecule has 0 atom stereocenters. The van der Waals surface area contributed by atoms with Gasteiger partial charge in [0.2, 0.25) is 15.9 Å².